The smallest absolute Gasteiger partial charge is 0.337 e. The summed E-state index contributed by atoms with van der Waals surface area (Å²) in [6, 6.07) is 4.75. The van der Waals surface area contributed by atoms with E-state index in [0.29, 0.717) is 28.2 Å². The molecule has 0 N–H and O–H groups in total. The highest BCUT2D eigenvalue weighted by molar-refractivity contribution is 7.99. The number of amides is 1. The van der Waals surface area contributed by atoms with Crippen LogP contribution in [0.5, 0.6) is 0 Å². The molecule has 0 radical (unpaired) electrons. The van der Waals surface area contributed by atoms with Crippen LogP contribution in [0.4, 0.5) is 0 Å². The molecule has 1 amide bonds. The number of hydrogen-bond donors (Lipinski definition) is 0. The average Bonchev–Trinajstić information content (AvgIpc) is 2.73. The SMILES string of the molecule is COC(=O)c1ccc2c(=O)n(CC(C)C)c(SCC(=O)N3CCCCC3)nc2c1. The van der Waals surface area contributed by atoms with E-state index < -0.39 is 5.97 Å². The summed E-state index contributed by atoms with van der Waals surface area (Å²) in [5.74, 6) is 0.0867. The molecule has 1 aliphatic rings. The van der Waals surface area contributed by atoms with Gasteiger partial charge >= 0.3 is 5.97 Å². The summed E-state index contributed by atoms with van der Waals surface area (Å²) in [6.07, 6.45) is 3.25. The van der Waals surface area contributed by atoms with E-state index >= 15 is 0 Å². The van der Waals surface area contributed by atoms with Gasteiger partial charge in [-0.15, -0.1) is 0 Å². The Hall–Kier alpha value is -2.35. The van der Waals surface area contributed by atoms with Crippen molar-refractivity contribution in [2.45, 2.75) is 44.8 Å². The van der Waals surface area contributed by atoms with E-state index in [1.165, 1.54) is 25.3 Å². The highest BCUT2D eigenvalue weighted by atomic mass is 32.2. The normalized spacial score (nSPS) is 14.4. The quantitative estimate of drug-likeness (QED) is 0.408. The van der Waals surface area contributed by atoms with Crippen LogP contribution in [-0.4, -0.2) is 52.3 Å². The van der Waals surface area contributed by atoms with Crippen molar-refractivity contribution >= 4 is 34.5 Å². The standard InChI is InChI=1S/C21H27N3O4S/c1-14(2)12-24-19(26)16-8-7-15(20(27)28-3)11-17(16)22-21(24)29-13-18(25)23-9-5-4-6-10-23/h7-8,11,14H,4-6,9-10,12-13H2,1-3H3. The zero-order valence-electron chi connectivity index (χ0n) is 17.1. The molecule has 1 aromatic heterocycles. The van der Waals surface area contributed by atoms with Gasteiger partial charge in [0.05, 0.1) is 29.3 Å². The molecule has 1 aliphatic heterocycles. The molecule has 0 aliphatic carbocycles. The summed E-state index contributed by atoms with van der Waals surface area (Å²) in [5, 5.41) is 0.952. The average molecular weight is 418 g/mol. The minimum atomic E-state index is -0.477. The molecule has 1 aromatic carbocycles. The number of esters is 1. The van der Waals surface area contributed by atoms with Crippen molar-refractivity contribution in [3.63, 3.8) is 0 Å². The van der Waals surface area contributed by atoms with Crippen molar-refractivity contribution in [2.75, 3.05) is 26.0 Å². The van der Waals surface area contributed by atoms with Crippen molar-refractivity contribution in [3.8, 4) is 0 Å². The topological polar surface area (TPSA) is 81.5 Å². The Bertz CT molecular complexity index is 964. The van der Waals surface area contributed by atoms with Crippen LogP contribution in [0.15, 0.2) is 28.2 Å². The number of thioether (sulfide) groups is 1. The second-order valence-electron chi connectivity index (χ2n) is 7.66. The van der Waals surface area contributed by atoms with Crippen molar-refractivity contribution < 1.29 is 14.3 Å². The van der Waals surface area contributed by atoms with E-state index in [1.54, 1.807) is 22.8 Å². The lowest BCUT2D eigenvalue weighted by Crippen LogP contribution is -2.37. The fraction of sp³-hybridized carbons (Fsp3) is 0.524. The van der Waals surface area contributed by atoms with Crippen LogP contribution in [0, 0.1) is 5.92 Å². The largest absolute Gasteiger partial charge is 0.465 e. The molecule has 7 nitrogen and oxygen atoms in total. The first kappa shape index (κ1) is 21.4. The number of piperidine rings is 1. The van der Waals surface area contributed by atoms with E-state index in [4.69, 9.17) is 4.74 Å². The number of fused-ring (bicyclic) bond motifs is 1. The van der Waals surface area contributed by atoms with Gasteiger partial charge in [-0.3, -0.25) is 14.2 Å². The number of benzene rings is 1. The zero-order valence-corrected chi connectivity index (χ0v) is 18.0. The summed E-state index contributed by atoms with van der Waals surface area (Å²) in [6.45, 7) is 6.17. The number of methoxy groups -OCH3 is 1. The third kappa shape index (κ3) is 4.98. The number of likely N-dealkylation sites (tertiary alicyclic amines) is 1. The molecule has 29 heavy (non-hydrogen) atoms. The third-order valence-electron chi connectivity index (χ3n) is 4.92. The van der Waals surface area contributed by atoms with Gasteiger partial charge in [0, 0.05) is 19.6 Å². The van der Waals surface area contributed by atoms with Gasteiger partial charge < -0.3 is 9.64 Å². The van der Waals surface area contributed by atoms with E-state index in [1.807, 2.05) is 18.7 Å². The van der Waals surface area contributed by atoms with Crippen molar-refractivity contribution in [1.82, 2.24) is 14.5 Å². The molecule has 1 fully saturated rings. The van der Waals surface area contributed by atoms with E-state index in [-0.39, 0.29) is 23.1 Å². The lowest BCUT2D eigenvalue weighted by molar-refractivity contribution is -0.129. The maximum Gasteiger partial charge on any atom is 0.337 e. The minimum Gasteiger partial charge on any atom is -0.465 e. The van der Waals surface area contributed by atoms with Crippen LogP contribution in [0.3, 0.4) is 0 Å². The van der Waals surface area contributed by atoms with Crippen LogP contribution in [-0.2, 0) is 16.1 Å². The third-order valence-corrected chi connectivity index (χ3v) is 5.88. The first-order valence-corrected chi connectivity index (χ1v) is 10.9. The van der Waals surface area contributed by atoms with Gasteiger partial charge in [-0.25, -0.2) is 9.78 Å². The maximum atomic E-state index is 13.1. The fourth-order valence-electron chi connectivity index (χ4n) is 3.44. The highest BCUT2D eigenvalue weighted by Crippen LogP contribution is 2.21. The van der Waals surface area contributed by atoms with Crippen molar-refractivity contribution in [2.24, 2.45) is 5.92 Å². The Labute approximate surface area is 174 Å². The Morgan fingerprint density at radius 1 is 1.21 bits per heavy atom. The molecule has 8 heteroatoms. The van der Waals surface area contributed by atoms with Crippen LogP contribution in [0.25, 0.3) is 10.9 Å². The monoisotopic (exact) mass is 417 g/mol. The second-order valence-corrected chi connectivity index (χ2v) is 8.60. The molecule has 0 saturated carbocycles. The first-order valence-electron chi connectivity index (χ1n) is 9.94. The van der Waals surface area contributed by atoms with Crippen LogP contribution in [0.2, 0.25) is 0 Å². The number of carbonyl (C=O) groups is 2. The summed E-state index contributed by atoms with van der Waals surface area (Å²) < 4.78 is 6.40. The van der Waals surface area contributed by atoms with Crippen LogP contribution < -0.4 is 5.56 Å². The molecule has 3 rings (SSSR count). The minimum absolute atomic E-state index is 0.0726. The molecule has 0 bridgehead atoms. The van der Waals surface area contributed by atoms with Gasteiger partial charge in [0.1, 0.15) is 0 Å². The Morgan fingerprint density at radius 3 is 2.59 bits per heavy atom. The predicted octanol–water partition coefficient (Wildman–Crippen LogP) is 2.94. The lowest BCUT2D eigenvalue weighted by atomic mass is 10.1. The number of rotatable bonds is 6. The summed E-state index contributed by atoms with van der Waals surface area (Å²) >= 11 is 1.28. The number of ether oxygens (including phenoxy) is 1. The Balaban J connectivity index is 1.94. The van der Waals surface area contributed by atoms with Gasteiger partial charge in [0.15, 0.2) is 5.16 Å². The molecular weight excluding hydrogens is 390 g/mol. The van der Waals surface area contributed by atoms with Gasteiger partial charge in [-0.05, 0) is 43.4 Å². The van der Waals surface area contributed by atoms with Crippen molar-refractivity contribution in [3.05, 3.63) is 34.1 Å². The molecule has 2 heterocycles. The molecule has 156 valence electrons. The Kier molecular flexibility index (Phi) is 6.95. The van der Waals surface area contributed by atoms with E-state index in [0.717, 1.165) is 25.9 Å². The number of aromatic nitrogens is 2. The second kappa shape index (κ2) is 9.43. The highest BCUT2D eigenvalue weighted by Gasteiger charge is 2.19. The van der Waals surface area contributed by atoms with E-state index in [9.17, 15) is 14.4 Å². The number of hydrogen-bond acceptors (Lipinski definition) is 6. The fourth-order valence-corrected chi connectivity index (χ4v) is 4.35. The zero-order chi connectivity index (χ0) is 21.0. The van der Waals surface area contributed by atoms with E-state index in [2.05, 4.69) is 4.98 Å². The maximum absolute atomic E-state index is 13.1. The summed E-state index contributed by atoms with van der Waals surface area (Å²) in [4.78, 5) is 44.0. The molecule has 0 spiro atoms. The van der Waals surface area contributed by atoms with Crippen LogP contribution in [0.1, 0.15) is 43.5 Å². The molecular formula is C21H27N3O4S. The summed E-state index contributed by atoms with van der Waals surface area (Å²) in [7, 11) is 1.31. The first-order chi connectivity index (χ1) is 13.9. The molecule has 0 atom stereocenters. The van der Waals surface area contributed by atoms with Gasteiger partial charge in [-0.2, -0.15) is 0 Å². The van der Waals surface area contributed by atoms with Gasteiger partial charge in [0.2, 0.25) is 5.91 Å². The molecule has 2 aromatic rings. The Morgan fingerprint density at radius 2 is 1.93 bits per heavy atom. The lowest BCUT2D eigenvalue weighted by Gasteiger charge is -2.26. The van der Waals surface area contributed by atoms with Gasteiger partial charge in [-0.1, -0.05) is 25.6 Å². The number of carbonyl (C=O) groups excluding carboxylic acids is 2. The molecule has 0 unspecified atom stereocenters. The summed E-state index contributed by atoms with van der Waals surface area (Å²) in [5.41, 5.74) is 0.618. The predicted molar refractivity (Wildman–Crippen MR) is 113 cm³/mol. The van der Waals surface area contributed by atoms with Gasteiger partial charge in [0.25, 0.3) is 5.56 Å². The van der Waals surface area contributed by atoms with Crippen molar-refractivity contribution in [1.29, 1.82) is 0 Å². The van der Waals surface area contributed by atoms with Crippen LogP contribution >= 0.6 is 11.8 Å². The number of nitrogens with zero attached hydrogens (tertiary/aromatic N) is 3. The molecule has 1 saturated heterocycles.